The van der Waals surface area contributed by atoms with Gasteiger partial charge in [-0.3, -0.25) is 9.98 Å². The van der Waals surface area contributed by atoms with E-state index in [1.54, 1.807) is 0 Å². The van der Waals surface area contributed by atoms with Crippen molar-refractivity contribution in [1.29, 1.82) is 0 Å². The van der Waals surface area contributed by atoms with E-state index in [9.17, 15) is 0 Å². The van der Waals surface area contributed by atoms with Gasteiger partial charge in [-0.1, -0.05) is 223 Å². The number of hydrogen-bond donors (Lipinski definition) is 0. The predicted octanol–water partition coefficient (Wildman–Crippen LogP) is 28.6. The van der Waals surface area contributed by atoms with E-state index < -0.39 is 0 Å². The summed E-state index contributed by atoms with van der Waals surface area (Å²) in [5, 5.41) is 0. The quantitative estimate of drug-likeness (QED) is 0.0358. The third kappa shape index (κ3) is 47.4. The van der Waals surface area contributed by atoms with E-state index in [-0.39, 0.29) is 0 Å². The normalized spacial score (nSPS) is 10.8. The maximum Gasteiger partial charge on any atom is 0.0671 e. The monoisotopic (exact) mass is 1350 g/mol. The number of hydrogen-bond acceptors (Lipinski definition) is 2. The third-order valence-corrected chi connectivity index (χ3v) is 19.2. The van der Waals surface area contributed by atoms with Crippen LogP contribution in [0.2, 0.25) is 0 Å². The first-order valence-electron chi connectivity index (χ1n) is 42.6. The average Bonchev–Trinajstić information content (AvgIpc) is 0.799. The number of nitrogens with zero attached hydrogens (tertiary/aromatic N) is 2. The fourth-order valence-corrected chi connectivity index (χ4v) is 13.0. The lowest BCUT2D eigenvalue weighted by Crippen LogP contribution is -2.08. The molecule has 0 N–H and O–H groups in total. The topological polar surface area (TPSA) is 24.7 Å². The summed E-state index contributed by atoms with van der Waals surface area (Å²) in [5.41, 5.74) is 14.5. The van der Waals surface area contributed by atoms with Crippen LogP contribution >= 0.6 is 0 Å². The molecule has 2 aromatic carbocycles. The van der Waals surface area contributed by atoms with Crippen LogP contribution in [0.5, 0.6) is 0 Å². The maximum absolute atomic E-state index is 5.97. The molecule has 100 heavy (non-hydrogen) atoms. The number of unbranched alkanes of at least 4 members (excludes halogenated alkanes) is 33. The van der Waals surface area contributed by atoms with E-state index in [0.29, 0.717) is 0 Å². The predicted molar refractivity (Wildman–Crippen MR) is 447 cm³/mol. The summed E-state index contributed by atoms with van der Waals surface area (Å²) in [7, 11) is 0. The molecule has 0 aromatic heterocycles. The standard InChI is InChI=1S/C98H148N2/c1-10-19-28-36-44-52-60-68-76-88-85-97(95(83-74-66-58-50-42-34-25-16-7)93(81-72-64-56-48-40-32-23-14-5)91(88)79-70-62-54-46-38-30-21-12-3)99-87-90(78-27-18-9)100-98-86-89(77-69-61-53-45-37-29-20-11-2)92(80-71-63-55-47-39-31-22-13-4)94(82-73-65-57-49-41-33-24-15-6)96(98)84-75-67-59-51-43-35-26-17-8/h85-87H,10-51,68-84H2,1-9H3. The zero-order chi connectivity index (χ0) is 71.9. The number of benzene rings is 2. The molecule has 0 bridgehead atoms. The lowest BCUT2D eigenvalue weighted by atomic mass is 9.85. The first-order chi connectivity index (χ1) is 49.5. The van der Waals surface area contributed by atoms with Gasteiger partial charge in [0.2, 0.25) is 0 Å². The van der Waals surface area contributed by atoms with Crippen molar-refractivity contribution in [3.63, 3.8) is 0 Å². The van der Waals surface area contributed by atoms with Gasteiger partial charge in [0, 0.05) is 109 Å². The van der Waals surface area contributed by atoms with Gasteiger partial charge < -0.3 is 0 Å². The number of rotatable bonds is 54. The molecular formula is C98H148N2. The number of aliphatic imine (C=N–C) groups is 2. The molecule has 0 aliphatic rings. The van der Waals surface area contributed by atoms with Crippen LogP contribution in [-0.2, 0) is 51.4 Å². The molecule has 0 saturated heterocycles. The van der Waals surface area contributed by atoms with Gasteiger partial charge in [-0.15, -0.1) is 94.7 Å². The molecule has 550 valence electrons. The summed E-state index contributed by atoms with van der Waals surface area (Å²) >= 11 is 0. The van der Waals surface area contributed by atoms with Crippen LogP contribution in [0, 0.1) is 94.7 Å². The molecule has 2 heteroatoms. The molecule has 2 aromatic rings. The fourth-order valence-electron chi connectivity index (χ4n) is 13.0. The summed E-state index contributed by atoms with van der Waals surface area (Å²) in [4.78, 5) is 11.8. The molecule has 0 spiro atoms. The van der Waals surface area contributed by atoms with E-state index in [1.165, 1.54) is 250 Å². The highest BCUT2D eigenvalue weighted by atomic mass is 14.8. The van der Waals surface area contributed by atoms with Gasteiger partial charge in [0.05, 0.1) is 17.1 Å². The van der Waals surface area contributed by atoms with E-state index in [1.807, 2.05) is 0 Å². The summed E-state index contributed by atoms with van der Waals surface area (Å²) < 4.78 is 0. The second-order valence-corrected chi connectivity index (χ2v) is 28.3. The average molecular weight is 1350 g/mol. The summed E-state index contributed by atoms with van der Waals surface area (Å²) in [6.07, 6.45) is 66.5. The Morgan fingerprint density at radius 2 is 0.450 bits per heavy atom. The van der Waals surface area contributed by atoms with Crippen LogP contribution < -0.4 is 0 Å². The summed E-state index contributed by atoms with van der Waals surface area (Å²) in [6, 6.07) is 4.97. The maximum atomic E-state index is 5.97. The first kappa shape index (κ1) is 90.3. The van der Waals surface area contributed by atoms with Crippen LogP contribution in [0.1, 0.15) is 434 Å². The van der Waals surface area contributed by atoms with E-state index in [2.05, 4.69) is 175 Å². The lowest BCUT2D eigenvalue weighted by Gasteiger charge is -2.21. The Morgan fingerprint density at radius 3 is 0.720 bits per heavy atom. The molecule has 0 fully saturated rings. The third-order valence-electron chi connectivity index (χ3n) is 19.2. The molecule has 0 aliphatic heterocycles. The molecule has 2 rings (SSSR count). The first-order valence-corrected chi connectivity index (χ1v) is 42.6. The van der Waals surface area contributed by atoms with Crippen molar-refractivity contribution in [2.24, 2.45) is 9.98 Å². The Morgan fingerprint density at radius 1 is 0.230 bits per heavy atom. The van der Waals surface area contributed by atoms with E-state index >= 15 is 0 Å². The van der Waals surface area contributed by atoms with Crippen LogP contribution in [0.3, 0.4) is 0 Å². The molecular weight excluding hydrogens is 1210 g/mol. The molecule has 2 nitrogen and oxygen atoms in total. The highest BCUT2D eigenvalue weighted by molar-refractivity contribution is 6.31. The van der Waals surface area contributed by atoms with Crippen molar-refractivity contribution in [3.8, 4) is 94.7 Å². The van der Waals surface area contributed by atoms with Gasteiger partial charge in [0.15, 0.2) is 0 Å². The van der Waals surface area contributed by atoms with Gasteiger partial charge in [0.25, 0.3) is 0 Å². The van der Waals surface area contributed by atoms with Crippen molar-refractivity contribution < 1.29 is 0 Å². The van der Waals surface area contributed by atoms with E-state index in [4.69, 9.17) is 9.98 Å². The molecule has 0 atom stereocenters. The minimum absolute atomic E-state index is 0.808. The highest BCUT2D eigenvalue weighted by Crippen LogP contribution is 2.36. The summed E-state index contributed by atoms with van der Waals surface area (Å²) in [6.45, 7) is 20.6. The van der Waals surface area contributed by atoms with Crippen molar-refractivity contribution >= 4 is 23.3 Å². The Kier molecular flexibility index (Phi) is 62.3. The molecule has 0 saturated carbocycles. The van der Waals surface area contributed by atoms with Crippen LogP contribution in [0.15, 0.2) is 22.1 Å². The van der Waals surface area contributed by atoms with Gasteiger partial charge in [-0.05, 0) is 172 Å². The molecule has 0 heterocycles. The zero-order valence-corrected chi connectivity index (χ0v) is 66.8. The fraction of sp³-hybridized carbons (Fsp3) is 0.694. The second kappa shape index (κ2) is 69.0. The van der Waals surface area contributed by atoms with E-state index in [0.717, 1.165) is 190 Å². The minimum atomic E-state index is 0.808. The molecule has 0 amide bonds. The molecule has 0 aliphatic carbocycles. The Balaban J connectivity index is 3.30. The lowest BCUT2D eigenvalue weighted by molar-refractivity contribution is 0.679. The number of aryl methyl sites for hydroxylation is 2. The van der Waals surface area contributed by atoms with Gasteiger partial charge in [-0.2, -0.15) is 0 Å². The van der Waals surface area contributed by atoms with Crippen molar-refractivity contribution in [1.82, 2.24) is 0 Å². The zero-order valence-electron chi connectivity index (χ0n) is 66.8. The Labute approximate surface area is 622 Å². The van der Waals surface area contributed by atoms with Gasteiger partial charge in [0.1, 0.15) is 0 Å². The van der Waals surface area contributed by atoms with Gasteiger partial charge in [-0.25, -0.2) is 0 Å². The van der Waals surface area contributed by atoms with Crippen LogP contribution in [-0.4, -0.2) is 11.9 Å². The SMILES string of the molecule is CCCCCCC#CCCc1cc(N=CC(CCCC)=Nc2cc(CCC#CCCCCCC)c(CCC#CCCCCCC)c(CCC#CCCCCCC)c2CCC#CCCCCCC)c(CCC#CCCCCCC)c(CCC#CCCCCCC)c1CCC#CCCCCCC. The largest absolute Gasteiger partial charge is 0.255 e. The van der Waals surface area contributed by atoms with Crippen molar-refractivity contribution in [2.75, 3.05) is 0 Å². The van der Waals surface area contributed by atoms with Crippen LogP contribution in [0.4, 0.5) is 11.4 Å². The second-order valence-electron chi connectivity index (χ2n) is 28.3. The van der Waals surface area contributed by atoms with Crippen LogP contribution in [0.25, 0.3) is 0 Å². The van der Waals surface area contributed by atoms with Crippen molar-refractivity contribution in [2.45, 2.75) is 441 Å². The highest BCUT2D eigenvalue weighted by Gasteiger charge is 2.20. The van der Waals surface area contributed by atoms with Gasteiger partial charge >= 0.3 is 0 Å². The molecule has 0 radical (unpaired) electrons. The smallest absolute Gasteiger partial charge is 0.0671 e. The Bertz CT molecular complexity index is 3000. The minimum Gasteiger partial charge on any atom is -0.255 e. The van der Waals surface area contributed by atoms with Crippen molar-refractivity contribution in [3.05, 3.63) is 56.6 Å². The Hall–Kier alpha value is -5.74. The molecule has 0 unspecified atom stereocenters. The summed E-state index contributed by atoms with van der Waals surface area (Å²) in [5.74, 6) is 58.4.